The van der Waals surface area contributed by atoms with Gasteiger partial charge in [0, 0.05) is 56.0 Å². The zero-order valence-corrected chi connectivity index (χ0v) is 24.7. The van der Waals surface area contributed by atoms with Gasteiger partial charge in [0.1, 0.15) is 5.75 Å². The van der Waals surface area contributed by atoms with E-state index in [1.54, 1.807) is 6.20 Å². The first-order chi connectivity index (χ1) is 20.3. The molecule has 0 bridgehead atoms. The van der Waals surface area contributed by atoms with Gasteiger partial charge in [-0.1, -0.05) is 24.3 Å². The largest absolute Gasteiger partial charge is 0.493 e. The molecular formula is C31H38N4O6S. The van der Waals surface area contributed by atoms with Gasteiger partial charge in [0.2, 0.25) is 0 Å². The molecule has 0 saturated carbocycles. The number of rotatable bonds is 13. The number of benzene rings is 2. The van der Waals surface area contributed by atoms with Crippen molar-refractivity contribution in [2.75, 3.05) is 50.8 Å². The van der Waals surface area contributed by atoms with Gasteiger partial charge in [-0.05, 0) is 60.6 Å². The van der Waals surface area contributed by atoms with Crippen LogP contribution in [0.25, 0.3) is 11.1 Å². The number of ether oxygens (including phenoxy) is 1. The number of hydrogen-bond donors (Lipinski definition) is 4. The minimum Gasteiger partial charge on any atom is -0.493 e. The average Bonchev–Trinajstić information content (AvgIpc) is 3.70. The van der Waals surface area contributed by atoms with Crippen molar-refractivity contribution in [3.63, 3.8) is 0 Å². The van der Waals surface area contributed by atoms with Crippen LogP contribution in [0.2, 0.25) is 0 Å². The van der Waals surface area contributed by atoms with E-state index in [1.807, 2.05) is 29.2 Å². The van der Waals surface area contributed by atoms with Crippen molar-refractivity contribution in [1.82, 2.24) is 15.2 Å². The van der Waals surface area contributed by atoms with Crippen molar-refractivity contribution in [3.05, 3.63) is 63.6 Å². The van der Waals surface area contributed by atoms with Crippen LogP contribution in [0.1, 0.15) is 45.1 Å². The Morgan fingerprint density at radius 3 is 2.79 bits per heavy atom. The number of aliphatic carboxylic acids is 1. The molecule has 5 rings (SSSR count). The van der Waals surface area contributed by atoms with Gasteiger partial charge in [-0.3, -0.25) is 9.59 Å². The third kappa shape index (κ3) is 6.82. The smallest absolute Gasteiger partial charge is 0.306 e. The predicted octanol–water partition coefficient (Wildman–Crippen LogP) is 3.08. The summed E-state index contributed by atoms with van der Waals surface area (Å²) in [6.45, 7) is 6.07. The van der Waals surface area contributed by atoms with Gasteiger partial charge in [0.15, 0.2) is 5.01 Å². The third-order valence-corrected chi connectivity index (χ3v) is 8.92. The Hall–Kier alpha value is -3.35. The number of carboxylic acids is 1. The van der Waals surface area contributed by atoms with Crippen LogP contribution in [-0.2, 0) is 17.8 Å². The Bertz CT molecular complexity index is 1430. The molecule has 2 aliphatic rings. The number of carboxylic acid groups (broad SMARTS) is 1. The zero-order valence-electron chi connectivity index (χ0n) is 23.8. The summed E-state index contributed by atoms with van der Waals surface area (Å²) in [7, 11) is 0. The molecule has 3 aromatic rings. The van der Waals surface area contributed by atoms with Crippen molar-refractivity contribution in [2.45, 2.75) is 44.8 Å². The highest BCUT2D eigenvalue weighted by molar-refractivity contribution is 7.13. The molecule has 1 atom stereocenters. The lowest BCUT2D eigenvalue weighted by Gasteiger charge is -2.21. The number of nitrogens with zero attached hydrogens (tertiary/aromatic N) is 3. The molecule has 224 valence electrons. The van der Waals surface area contributed by atoms with Gasteiger partial charge in [0.05, 0.1) is 25.2 Å². The first-order valence-electron chi connectivity index (χ1n) is 14.4. The first-order valence-corrected chi connectivity index (χ1v) is 15.2. The van der Waals surface area contributed by atoms with E-state index in [9.17, 15) is 14.7 Å². The summed E-state index contributed by atoms with van der Waals surface area (Å²) in [4.78, 5) is 33.6. The first kappa shape index (κ1) is 30.1. The van der Waals surface area contributed by atoms with E-state index in [1.165, 1.54) is 11.3 Å². The summed E-state index contributed by atoms with van der Waals surface area (Å²) < 4.78 is 6.18. The fourth-order valence-electron chi connectivity index (χ4n) is 5.88. The summed E-state index contributed by atoms with van der Waals surface area (Å²) >= 11 is 1.38. The summed E-state index contributed by atoms with van der Waals surface area (Å²) in [6.07, 6.45) is 3.48. The lowest BCUT2D eigenvalue weighted by atomic mass is 9.94. The lowest BCUT2D eigenvalue weighted by Crippen LogP contribution is -2.36. The monoisotopic (exact) mass is 594 g/mol. The van der Waals surface area contributed by atoms with Crippen LogP contribution in [0.15, 0.2) is 42.6 Å². The van der Waals surface area contributed by atoms with Gasteiger partial charge < -0.3 is 35.2 Å². The van der Waals surface area contributed by atoms with Gasteiger partial charge in [-0.2, -0.15) is 0 Å². The molecule has 2 aromatic carbocycles. The van der Waals surface area contributed by atoms with Crippen LogP contribution >= 0.6 is 11.3 Å². The topological polar surface area (TPSA) is 135 Å². The van der Waals surface area contributed by atoms with Crippen LogP contribution < -0.4 is 15.0 Å². The second-order valence-corrected chi connectivity index (χ2v) is 12.1. The molecule has 42 heavy (non-hydrogen) atoms. The molecule has 0 radical (unpaired) electrons. The highest BCUT2D eigenvalue weighted by atomic mass is 32.1. The minimum atomic E-state index is -1.14. The van der Waals surface area contributed by atoms with Crippen LogP contribution in [-0.4, -0.2) is 88.6 Å². The maximum absolute atomic E-state index is 13.4. The van der Waals surface area contributed by atoms with Crippen molar-refractivity contribution < 1.29 is 29.6 Å². The Kier molecular flexibility index (Phi) is 9.54. The van der Waals surface area contributed by atoms with E-state index in [0.29, 0.717) is 50.8 Å². The molecule has 1 amide bonds. The number of hydrogen-bond acceptors (Lipinski definition) is 9. The van der Waals surface area contributed by atoms with E-state index in [4.69, 9.17) is 14.9 Å². The van der Waals surface area contributed by atoms with Crippen LogP contribution in [0.5, 0.6) is 5.75 Å². The molecule has 3 heterocycles. The number of aliphatic hydroxyl groups is 2. The zero-order chi connectivity index (χ0) is 29.7. The molecule has 10 nitrogen and oxygen atoms in total. The minimum absolute atomic E-state index is 0.0637. The number of carbonyl (C=O) groups excluding carboxylic acids is 1. The highest BCUT2D eigenvalue weighted by Gasteiger charge is 2.37. The number of likely N-dealkylation sites (tertiary alicyclic amines) is 1. The van der Waals surface area contributed by atoms with Crippen LogP contribution in [0, 0.1) is 6.92 Å². The predicted molar refractivity (Wildman–Crippen MR) is 161 cm³/mol. The maximum Gasteiger partial charge on any atom is 0.306 e. The van der Waals surface area contributed by atoms with E-state index >= 15 is 0 Å². The summed E-state index contributed by atoms with van der Waals surface area (Å²) in [6, 6.07) is 12.1. The number of nitrogens with one attached hydrogen (secondary N) is 1. The highest BCUT2D eigenvalue weighted by Crippen LogP contribution is 2.40. The molecule has 1 unspecified atom stereocenters. The number of fused-ring (bicyclic) bond motifs is 1. The molecule has 0 aliphatic carbocycles. The SMILES string of the molecule is Cc1c(OCCCN2CCC(O)(CC(=O)O)C2)cccc1-c1cccc2c1CCN2C(=O)c1ncc(CNCCO)s1. The van der Waals surface area contributed by atoms with E-state index < -0.39 is 11.6 Å². The van der Waals surface area contributed by atoms with Gasteiger partial charge in [-0.15, -0.1) is 11.3 Å². The third-order valence-electron chi connectivity index (χ3n) is 7.94. The van der Waals surface area contributed by atoms with Crippen molar-refractivity contribution in [1.29, 1.82) is 0 Å². The summed E-state index contributed by atoms with van der Waals surface area (Å²) in [5.74, 6) is -0.263. The molecule has 11 heteroatoms. The average molecular weight is 595 g/mol. The number of carbonyl (C=O) groups is 2. The summed E-state index contributed by atoms with van der Waals surface area (Å²) in [5.41, 5.74) is 4.10. The number of anilines is 1. The molecule has 0 spiro atoms. The van der Waals surface area contributed by atoms with Crippen molar-refractivity contribution in [3.8, 4) is 16.9 Å². The fraction of sp³-hybridized carbons (Fsp3) is 0.452. The van der Waals surface area contributed by atoms with Crippen molar-refractivity contribution in [2.24, 2.45) is 0 Å². The van der Waals surface area contributed by atoms with E-state index in [-0.39, 0.29) is 18.9 Å². The Balaban J connectivity index is 1.22. The lowest BCUT2D eigenvalue weighted by molar-refractivity contribution is -0.142. The quantitative estimate of drug-likeness (QED) is 0.220. The fourth-order valence-corrected chi connectivity index (χ4v) is 6.71. The number of amides is 1. The molecule has 1 fully saturated rings. The van der Waals surface area contributed by atoms with Gasteiger partial charge in [0.25, 0.3) is 5.91 Å². The Morgan fingerprint density at radius 2 is 1.98 bits per heavy atom. The van der Waals surface area contributed by atoms with Gasteiger partial charge >= 0.3 is 5.97 Å². The van der Waals surface area contributed by atoms with E-state index in [0.717, 1.165) is 58.0 Å². The molecule has 1 saturated heterocycles. The van der Waals surface area contributed by atoms with Crippen LogP contribution in [0.3, 0.4) is 0 Å². The number of aliphatic hydroxyl groups excluding tert-OH is 1. The second kappa shape index (κ2) is 13.3. The molecule has 1 aromatic heterocycles. The molecule has 4 N–H and O–H groups in total. The maximum atomic E-state index is 13.4. The second-order valence-electron chi connectivity index (χ2n) is 11.0. The molecular weight excluding hydrogens is 556 g/mol. The van der Waals surface area contributed by atoms with Gasteiger partial charge in [-0.25, -0.2) is 4.98 Å². The summed E-state index contributed by atoms with van der Waals surface area (Å²) in [5, 5.41) is 32.0. The van der Waals surface area contributed by atoms with E-state index in [2.05, 4.69) is 34.3 Å². The Morgan fingerprint density at radius 1 is 1.17 bits per heavy atom. The van der Waals surface area contributed by atoms with Crippen molar-refractivity contribution >= 4 is 28.9 Å². The number of β-amino-alcohol motifs (C(OH)–C–C–N with tert-alkyl or cyclic N) is 1. The Labute approximate surface area is 249 Å². The molecule has 2 aliphatic heterocycles. The normalized spacial score (nSPS) is 18.4. The number of thiazole rings is 1. The standard InChI is InChI=1S/C31H38N4O6S/c1-21-23(5-3-8-27(21)41-16-4-12-34-14-10-31(40,20-34)17-28(37)38)24-6-2-7-26-25(24)9-13-35(26)30(39)29-33-19-22(42-29)18-32-11-15-36/h2-3,5-8,19,32,36,40H,4,9-18,20H2,1H3,(H,37,38). The number of aromatic nitrogens is 1. The van der Waals surface area contributed by atoms with Crippen LogP contribution in [0.4, 0.5) is 5.69 Å².